The van der Waals surface area contributed by atoms with Crippen molar-refractivity contribution in [1.29, 1.82) is 0 Å². The molecule has 0 amide bonds. The Morgan fingerprint density at radius 1 is 1.00 bits per heavy atom. The van der Waals surface area contributed by atoms with Crippen molar-refractivity contribution < 1.29 is 0 Å². The van der Waals surface area contributed by atoms with Gasteiger partial charge in [0.05, 0.1) is 6.20 Å². The highest BCUT2D eigenvalue weighted by Gasteiger charge is 2.25. The molecule has 0 aromatic carbocycles. The summed E-state index contributed by atoms with van der Waals surface area (Å²) >= 11 is 0. The normalized spacial score (nSPS) is 24.1. The van der Waals surface area contributed by atoms with Crippen LogP contribution in [0.2, 0.25) is 0 Å². The zero-order valence-corrected chi connectivity index (χ0v) is 13.8. The van der Waals surface area contributed by atoms with Crippen molar-refractivity contribution in [3.63, 3.8) is 0 Å². The predicted octanol–water partition coefficient (Wildman–Crippen LogP) is 3.56. The van der Waals surface area contributed by atoms with Crippen LogP contribution >= 0.6 is 0 Å². The Labute approximate surface area is 137 Å². The lowest BCUT2D eigenvalue weighted by Crippen LogP contribution is -2.34. The van der Waals surface area contributed by atoms with Crippen molar-refractivity contribution in [2.24, 2.45) is 0 Å². The Kier molecular flexibility index (Phi) is 4.46. The predicted molar refractivity (Wildman–Crippen MR) is 90.3 cm³/mol. The van der Waals surface area contributed by atoms with Crippen LogP contribution in [-0.4, -0.2) is 38.4 Å². The number of aromatic nitrogens is 4. The zero-order chi connectivity index (χ0) is 15.5. The third-order valence-corrected chi connectivity index (χ3v) is 5.63. The second-order valence-electron chi connectivity index (χ2n) is 7.23. The number of hydrogen-bond donors (Lipinski definition) is 2. The van der Waals surface area contributed by atoms with Crippen LogP contribution in [0.15, 0.2) is 18.5 Å². The van der Waals surface area contributed by atoms with E-state index in [1.807, 2.05) is 6.20 Å². The number of hydrogen-bond acceptors (Lipinski definition) is 3. The lowest BCUT2D eigenvalue weighted by Gasteiger charge is -2.32. The lowest BCUT2D eigenvalue weighted by molar-refractivity contribution is 0.197. The first-order valence-corrected chi connectivity index (χ1v) is 9.14. The molecule has 2 fully saturated rings. The van der Waals surface area contributed by atoms with Crippen LogP contribution in [0.25, 0.3) is 0 Å². The number of nitrogens with one attached hydrogen (secondary N) is 2. The first-order valence-electron chi connectivity index (χ1n) is 9.14. The average molecular weight is 313 g/mol. The molecule has 2 aliphatic rings. The molecule has 0 spiro atoms. The molecule has 23 heavy (non-hydrogen) atoms. The SMILES string of the molecule is c1cc([C@H]2CCCN(Cc3cn[nH]c3C3CCCCC3)C2)[nH]n1. The van der Waals surface area contributed by atoms with Crippen LogP contribution in [0, 0.1) is 0 Å². The van der Waals surface area contributed by atoms with E-state index >= 15 is 0 Å². The van der Waals surface area contributed by atoms with Gasteiger partial charge in [0.2, 0.25) is 0 Å². The molecule has 1 aliphatic carbocycles. The highest BCUT2D eigenvalue weighted by Crippen LogP contribution is 2.34. The van der Waals surface area contributed by atoms with Gasteiger partial charge in [-0.25, -0.2) is 0 Å². The summed E-state index contributed by atoms with van der Waals surface area (Å²) in [6, 6.07) is 2.12. The van der Waals surface area contributed by atoms with E-state index in [0.29, 0.717) is 11.8 Å². The highest BCUT2D eigenvalue weighted by molar-refractivity contribution is 5.21. The minimum absolute atomic E-state index is 0.594. The number of rotatable bonds is 4. The summed E-state index contributed by atoms with van der Waals surface area (Å²) in [7, 11) is 0. The molecule has 0 unspecified atom stereocenters. The Balaban J connectivity index is 1.43. The number of likely N-dealkylation sites (tertiary alicyclic amines) is 1. The lowest BCUT2D eigenvalue weighted by atomic mass is 9.85. The van der Waals surface area contributed by atoms with E-state index in [1.54, 1.807) is 0 Å². The molecule has 0 radical (unpaired) electrons. The molecular weight excluding hydrogens is 286 g/mol. The van der Waals surface area contributed by atoms with Crippen molar-refractivity contribution in [2.45, 2.75) is 63.3 Å². The number of aromatic amines is 2. The second-order valence-corrected chi connectivity index (χ2v) is 7.23. The topological polar surface area (TPSA) is 60.6 Å². The third-order valence-electron chi connectivity index (χ3n) is 5.63. The largest absolute Gasteiger partial charge is 0.298 e. The summed E-state index contributed by atoms with van der Waals surface area (Å²) < 4.78 is 0. The molecule has 2 aromatic heterocycles. The molecule has 2 N–H and O–H groups in total. The fraction of sp³-hybridized carbons (Fsp3) is 0.667. The van der Waals surface area contributed by atoms with Crippen LogP contribution < -0.4 is 0 Å². The first kappa shape index (κ1) is 14.9. The van der Waals surface area contributed by atoms with Gasteiger partial charge in [0.25, 0.3) is 0 Å². The molecule has 124 valence electrons. The number of nitrogens with zero attached hydrogens (tertiary/aromatic N) is 3. The molecule has 1 saturated heterocycles. The molecule has 5 nitrogen and oxygen atoms in total. The van der Waals surface area contributed by atoms with Gasteiger partial charge < -0.3 is 0 Å². The molecular formula is C18H27N5. The maximum atomic E-state index is 4.36. The summed E-state index contributed by atoms with van der Waals surface area (Å²) in [5.74, 6) is 1.30. The van der Waals surface area contributed by atoms with Crippen LogP contribution in [-0.2, 0) is 6.54 Å². The third kappa shape index (κ3) is 3.34. The van der Waals surface area contributed by atoms with Gasteiger partial charge in [-0.2, -0.15) is 10.2 Å². The van der Waals surface area contributed by atoms with Crippen molar-refractivity contribution in [1.82, 2.24) is 25.3 Å². The number of H-pyrrole nitrogens is 2. The minimum Gasteiger partial charge on any atom is -0.298 e. The Morgan fingerprint density at radius 2 is 1.87 bits per heavy atom. The molecule has 1 aliphatic heterocycles. The zero-order valence-electron chi connectivity index (χ0n) is 13.8. The van der Waals surface area contributed by atoms with E-state index < -0.39 is 0 Å². The van der Waals surface area contributed by atoms with Crippen molar-refractivity contribution in [2.75, 3.05) is 13.1 Å². The van der Waals surface area contributed by atoms with Crippen molar-refractivity contribution in [3.8, 4) is 0 Å². The van der Waals surface area contributed by atoms with Gasteiger partial charge in [0, 0.05) is 48.1 Å². The average Bonchev–Trinajstić information content (AvgIpc) is 3.28. The fourth-order valence-corrected chi connectivity index (χ4v) is 4.38. The summed E-state index contributed by atoms with van der Waals surface area (Å²) in [6.07, 6.45) is 13.2. The van der Waals surface area contributed by atoms with Gasteiger partial charge in [0.1, 0.15) is 0 Å². The quantitative estimate of drug-likeness (QED) is 0.907. The Morgan fingerprint density at radius 3 is 2.70 bits per heavy atom. The van der Waals surface area contributed by atoms with E-state index in [9.17, 15) is 0 Å². The standard InChI is InChI=1S/C18H27N5/c1-2-5-14(6-3-1)18-16(11-20-22-18)13-23-10-4-7-15(12-23)17-8-9-19-21-17/h8-9,11,14-15H,1-7,10,12-13H2,(H,19,21)(H,20,22)/t15-/m0/s1. The molecule has 2 aromatic rings. The molecule has 0 bridgehead atoms. The second kappa shape index (κ2) is 6.87. The summed E-state index contributed by atoms with van der Waals surface area (Å²) in [4.78, 5) is 2.59. The van der Waals surface area contributed by atoms with Crippen LogP contribution in [0.1, 0.15) is 73.7 Å². The van der Waals surface area contributed by atoms with E-state index in [-0.39, 0.29) is 0 Å². The van der Waals surface area contributed by atoms with Gasteiger partial charge in [-0.15, -0.1) is 0 Å². The van der Waals surface area contributed by atoms with Crippen LogP contribution in [0.3, 0.4) is 0 Å². The van der Waals surface area contributed by atoms with Crippen molar-refractivity contribution >= 4 is 0 Å². The monoisotopic (exact) mass is 313 g/mol. The number of piperidine rings is 1. The smallest absolute Gasteiger partial charge is 0.0535 e. The van der Waals surface area contributed by atoms with Gasteiger partial charge >= 0.3 is 0 Å². The summed E-state index contributed by atoms with van der Waals surface area (Å²) in [6.45, 7) is 3.35. The Hall–Kier alpha value is -1.62. The first-order chi connectivity index (χ1) is 11.4. The maximum absolute atomic E-state index is 4.36. The molecule has 1 saturated carbocycles. The molecule has 5 heteroatoms. The van der Waals surface area contributed by atoms with E-state index in [0.717, 1.165) is 13.1 Å². The highest BCUT2D eigenvalue weighted by atomic mass is 15.2. The van der Waals surface area contributed by atoms with Crippen LogP contribution in [0.4, 0.5) is 0 Å². The Bertz CT molecular complexity index is 597. The summed E-state index contributed by atoms with van der Waals surface area (Å²) in [5.41, 5.74) is 4.12. The minimum atomic E-state index is 0.594. The van der Waals surface area contributed by atoms with Crippen molar-refractivity contribution in [3.05, 3.63) is 35.4 Å². The van der Waals surface area contributed by atoms with E-state index in [4.69, 9.17) is 0 Å². The molecule has 1 atom stereocenters. The van der Waals surface area contributed by atoms with E-state index in [2.05, 4.69) is 37.6 Å². The van der Waals surface area contributed by atoms with Gasteiger partial charge in [0.15, 0.2) is 0 Å². The van der Waals surface area contributed by atoms with Gasteiger partial charge in [-0.05, 0) is 38.3 Å². The fourth-order valence-electron chi connectivity index (χ4n) is 4.38. The molecule has 4 rings (SSSR count). The van der Waals surface area contributed by atoms with Gasteiger partial charge in [-0.1, -0.05) is 19.3 Å². The summed E-state index contributed by atoms with van der Waals surface area (Å²) in [5, 5.41) is 14.9. The maximum Gasteiger partial charge on any atom is 0.0535 e. The van der Waals surface area contributed by atoms with Crippen LogP contribution in [0.5, 0.6) is 0 Å². The van der Waals surface area contributed by atoms with Gasteiger partial charge in [-0.3, -0.25) is 15.1 Å². The molecule has 3 heterocycles. The van der Waals surface area contributed by atoms with E-state index in [1.165, 1.54) is 68.4 Å².